The van der Waals surface area contributed by atoms with Gasteiger partial charge in [0.15, 0.2) is 11.5 Å². The zero-order valence-electron chi connectivity index (χ0n) is 14.6. The molecule has 1 amide bonds. The van der Waals surface area contributed by atoms with Crippen molar-refractivity contribution in [2.24, 2.45) is 0 Å². The Morgan fingerprint density at radius 3 is 2.82 bits per heavy atom. The number of nitrogens with one attached hydrogen (secondary N) is 2. The Morgan fingerprint density at radius 2 is 2.04 bits per heavy atom. The average molecular weight is 382 g/mol. The predicted molar refractivity (Wildman–Crippen MR) is 97.7 cm³/mol. The molecule has 142 valence electrons. The molecule has 2 aromatic carbocycles. The maximum atomic E-state index is 12.5. The van der Waals surface area contributed by atoms with Crippen LogP contribution in [0.4, 0.5) is 11.4 Å². The van der Waals surface area contributed by atoms with E-state index in [-0.39, 0.29) is 23.9 Å². The first-order chi connectivity index (χ1) is 13.5. The molecule has 2 N–H and O–H groups in total. The van der Waals surface area contributed by atoms with E-state index < -0.39 is 10.8 Å². The van der Waals surface area contributed by atoms with Crippen molar-refractivity contribution in [1.29, 1.82) is 0 Å². The summed E-state index contributed by atoms with van der Waals surface area (Å²) in [5.74, 6) is 0.981. The van der Waals surface area contributed by atoms with Crippen LogP contribution in [0.25, 0.3) is 11.3 Å². The van der Waals surface area contributed by atoms with E-state index in [0.717, 1.165) is 5.56 Å². The summed E-state index contributed by atoms with van der Waals surface area (Å²) in [6.45, 7) is 0.171. The fourth-order valence-corrected chi connectivity index (χ4v) is 2.73. The second-order valence-corrected chi connectivity index (χ2v) is 5.83. The van der Waals surface area contributed by atoms with Gasteiger partial charge in [-0.15, -0.1) is 0 Å². The molecule has 4 rings (SSSR count). The monoisotopic (exact) mass is 382 g/mol. The van der Waals surface area contributed by atoms with Gasteiger partial charge in [0, 0.05) is 11.6 Å². The molecule has 28 heavy (non-hydrogen) atoms. The van der Waals surface area contributed by atoms with Crippen LogP contribution in [0.3, 0.4) is 0 Å². The van der Waals surface area contributed by atoms with Crippen molar-refractivity contribution in [2.75, 3.05) is 19.2 Å². The Morgan fingerprint density at radius 1 is 1.21 bits per heavy atom. The molecule has 0 unspecified atom stereocenters. The van der Waals surface area contributed by atoms with E-state index in [1.165, 1.54) is 25.3 Å². The normalized spacial score (nSPS) is 11.9. The molecule has 3 aromatic rings. The minimum Gasteiger partial charge on any atom is -0.494 e. The Kier molecular flexibility index (Phi) is 4.28. The number of carbonyl (C=O) groups excluding carboxylic acids is 1. The number of H-pyrrole nitrogens is 1. The number of nitro benzene ring substituents is 1. The molecule has 0 aliphatic carbocycles. The standard InChI is InChI=1S/C18H14N4O6/c1-26-16-7-11(22(24)25)3-4-12(16)19-18(23)14-8-13(20-21-14)10-2-5-15-17(6-10)28-9-27-15/h2-8H,9H2,1H3,(H,19,23)(H,20,21). The summed E-state index contributed by atoms with van der Waals surface area (Å²) in [5, 5.41) is 20.3. The fourth-order valence-electron chi connectivity index (χ4n) is 2.73. The highest BCUT2D eigenvalue weighted by Gasteiger charge is 2.18. The Bertz CT molecular complexity index is 1080. The third-order valence-corrected chi connectivity index (χ3v) is 4.13. The van der Waals surface area contributed by atoms with Gasteiger partial charge in [-0.3, -0.25) is 20.0 Å². The van der Waals surface area contributed by atoms with Crippen LogP contribution in [0.15, 0.2) is 42.5 Å². The topological polar surface area (TPSA) is 129 Å². The van der Waals surface area contributed by atoms with E-state index in [0.29, 0.717) is 22.9 Å². The lowest BCUT2D eigenvalue weighted by atomic mass is 10.1. The molecule has 1 aromatic heterocycles. The van der Waals surface area contributed by atoms with Gasteiger partial charge in [0.05, 0.1) is 29.5 Å². The molecule has 0 fully saturated rings. The lowest BCUT2D eigenvalue weighted by molar-refractivity contribution is -0.384. The van der Waals surface area contributed by atoms with Gasteiger partial charge in [-0.1, -0.05) is 0 Å². The van der Waals surface area contributed by atoms with Crippen LogP contribution < -0.4 is 19.5 Å². The van der Waals surface area contributed by atoms with E-state index in [4.69, 9.17) is 14.2 Å². The highest BCUT2D eigenvalue weighted by atomic mass is 16.7. The number of ether oxygens (including phenoxy) is 3. The molecule has 0 bridgehead atoms. The maximum Gasteiger partial charge on any atom is 0.273 e. The number of methoxy groups -OCH3 is 1. The van der Waals surface area contributed by atoms with Crippen LogP contribution in [0.1, 0.15) is 10.5 Å². The number of nitro groups is 1. The van der Waals surface area contributed by atoms with E-state index >= 15 is 0 Å². The molecule has 0 radical (unpaired) electrons. The van der Waals surface area contributed by atoms with Gasteiger partial charge < -0.3 is 19.5 Å². The van der Waals surface area contributed by atoms with E-state index in [1.54, 1.807) is 18.2 Å². The van der Waals surface area contributed by atoms with E-state index in [2.05, 4.69) is 15.5 Å². The molecular formula is C18H14N4O6. The van der Waals surface area contributed by atoms with Crippen LogP contribution >= 0.6 is 0 Å². The first-order valence-electron chi connectivity index (χ1n) is 8.14. The minimum absolute atomic E-state index is 0.138. The fraction of sp³-hybridized carbons (Fsp3) is 0.111. The van der Waals surface area contributed by atoms with Crippen molar-refractivity contribution >= 4 is 17.3 Å². The number of hydrogen-bond acceptors (Lipinski definition) is 7. The molecule has 10 heteroatoms. The molecule has 0 atom stereocenters. The van der Waals surface area contributed by atoms with Gasteiger partial charge in [0.1, 0.15) is 11.4 Å². The average Bonchev–Trinajstić information content (AvgIpc) is 3.37. The van der Waals surface area contributed by atoms with Crippen LogP contribution in [0, 0.1) is 10.1 Å². The van der Waals surface area contributed by atoms with Crippen LogP contribution in [-0.2, 0) is 0 Å². The summed E-state index contributed by atoms with van der Waals surface area (Å²) < 4.78 is 15.7. The van der Waals surface area contributed by atoms with Crippen molar-refractivity contribution in [2.45, 2.75) is 0 Å². The second kappa shape index (κ2) is 6.91. The van der Waals surface area contributed by atoms with Crippen molar-refractivity contribution in [1.82, 2.24) is 10.2 Å². The summed E-state index contributed by atoms with van der Waals surface area (Å²) >= 11 is 0. The summed E-state index contributed by atoms with van der Waals surface area (Å²) in [5.41, 5.74) is 1.69. The SMILES string of the molecule is COc1cc([N+](=O)[O-])ccc1NC(=O)c1cc(-c2ccc3c(c2)OCO3)n[nH]1. The number of aromatic amines is 1. The zero-order valence-corrected chi connectivity index (χ0v) is 14.6. The van der Waals surface area contributed by atoms with Crippen molar-refractivity contribution in [3.05, 3.63) is 58.3 Å². The number of benzene rings is 2. The van der Waals surface area contributed by atoms with Crippen molar-refractivity contribution in [3.8, 4) is 28.5 Å². The smallest absolute Gasteiger partial charge is 0.273 e. The Hall–Kier alpha value is -4.08. The molecule has 0 saturated carbocycles. The first-order valence-corrected chi connectivity index (χ1v) is 8.14. The maximum absolute atomic E-state index is 12.5. The molecule has 10 nitrogen and oxygen atoms in total. The van der Waals surface area contributed by atoms with Crippen LogP contribution in [-0.4, -0.2) is 34.9 Å². The molecule has 2 heterocycles. The Labute approximate surface area is 158 Å². The summed E-state index contributed by atoms with van der Waals surface area (Å²) in [6.07, 6.45) is 0. The number of nitrogens with zero attached hydrogens (tertiary/aromatic N) is 2. The van der Waals surface area contributed by atoms with E-state index in [1.807, 2.05) is 6.07 Å². The van der Waals surface area contributed by atoms with Crippen molar-refractivity contribution in [3.63, 3.8) is 0 Å². The lowest BCUT2D eigenvalue weighted by Gasteiger charge is -2.09. The number of fused-ring (bicyclic) bond motifs is 1. The molecule has 1 aliphatic heterocycles. The van der Waals surface area contributed by atoms with Gasteiger partial charge in [-0.2, -0.15) is 5.10 Å². The predicted octanol–water partition coefficient (Wildman–Crippen LogP) is 2.97. The number of rotatable bonds is 5. The highest BCUT2D eigenvalue weighted by molar-refractivity contribution is 6.04. The minimum atomic E-state index is -0.541. The molecule has 0 saturated heterocycles. The molecule has 1 aliphatic rings. The largest absolute Gasteiger partial charge is 0.494 e. The van der Waals surface area contributed by atoms with Gasteiger partial charge >= 0.3 is 0 Å². The number of aromatic nitrogens is 2. The lowest BCUT2D eigenvalue weighted by Crippen LogP contribution is -2.13. The number of hydrogen-bond donors (Lipinski definition) is 2. The third kappa shape index (κ3) is 3.18. The van der Waals surface area contributed by atoms with Gasteiger partial charge in [-0.25, -0.2) is 0 Å². The summed E-state index contributed by atoms with van der Waals surface area (Å²) in [6, 6.07) is 10.9. The van der Waals surface area contributed by atoms with E-state index in [9.17, 15) is 14.9 Å². The number of non-ortho nitro benzene ring substituents is 1. The van der Waals surface area contributed by atoms with Gasteiger partial charge in [0.25, 0.3) is 11.6 Å². The van der Waals surface area contributed by atoms with Gasteiger partial charge in [-0.05, 0) is 30.3 Å². The number of amides is 1. The van der Waals surface area contributed by atoms with Crippen LogP contribution in [0.5, 0.6) is 17.2 Å². The molecule has 0 spiro atoms. The second-order valence-electron chi connectivity index (χ2n) is 5.83. The van der Waals surface area contributed by atoms with Crippen molar-refractivity contribution < 1.29 is 23.9 Å². The quantitative estimate of drug-likeness (QED) is 0.513. The number of anilines is 1. The highest BCUT2D eigenvalue weighted by Crippen LogP contribution is 2.35. The first kappa shape index (κ1) is 17.3. The zero-order chi connectivity index (χ0) is 19.7. The van der Waals surface area contributed by atoms with Gasteiger partial charge in [0.2, 0.25) is 6.79 Å². The number of carbonyl (C=O) groups is 1. The van der Waals surface area contributed by atoms with Crippen LogP contribution in [0.2, 0.25) is 0 Å². The molecular weight excluding hydrogens is 368 g/mol. The summed E-state index contributed by atoms with van der Waals surface area (Å²) in [7, 11) is 1.36. The summed E-state index contributed by atoms with van der Waals surface area (Å²) in [4.78, 5) is 22.8. The Balaban J connectivity index is 1.54. The third-order valence-electron chi connectivity index (χ3n) is 4.13.